The van der Waals surface area contributed by atoms with Crippen LogP contribution in [-0.2, 0) is 21.8 Å². The Morgan fingerprint density at radius 3 is 2.70 bits per heavy atom. The van der Waals surface area contributed by atoms with Crippen LogP contribution in [0.1, 0.15) is 27.2 Å². The number of benzene rings is 1. The number of halogens is 1. The highest BCUT2D eigenvalue weighted by Crippen LogP contribution is 2.22. The van der Waals surface area contributed by atoms with Gasteiger partial charge in [0.1, 0.15) is 5.76 Å². The molecule has 106 valence electrons. The Morgan fingerprint density at radius 2 is 2.15 bits per heavy atom. The zero-order valence-corrected chi connectivity index (χ0v) is 12.0. The first-order valence-electron chi connectivity index (χ1n) is 5.50. The number of ketones is 1. The predicted octanol–water partition coefficient (Wildman–Crippen LogP) is 1.91. The van der Waals surface area contributed by atoms with Crippen LogP contribution in [0.2, 0.25) is 5.02 Å². The highest BCUT2D eigenvalue weighted by molar-refractivity contribution is 7.67. The first kappa shape index (κ1) is 14.7. The lowest BCUT2D eigenvalue weighted by Crippen LogP contribution is -2.03. The van der Waals surface area contributed by atoms with Crippen LogP contribution in [0, 0.1) is 6.92 Å². The van der Waals surface area contributed by atoms with Crippen LogP contribution in [0.5, 0.6) is 0 Å². The molecule has 0 saturated carbocycles. The molecule has 0 fully saturated rings. The number of hydrogen-bond acceptors (Lipinski definition) is 6. The topological polar surface area (TPSA) is 86.5 Å². The van der Waals surface area contributed by atoms with E-state index in [4.69, 9.17) is 16.1 Å². The first-order chi connectivity index (χ1) is 9.49. The molecule has 8 heteroatoms. The Kier molecular flexibility index (Phi) is 4.53. The van der Waals surface area contributed by atoms with Crippen molar-refractivity contribution in [2.45, 2.75) is 13.5 Å². The van der Waals surface area contributed by atoms with E-state index in [0.717, 1.165) is 0 Å². The summed E-state index contributed by atoms with van der Waals surface area (Å²) in [5.74, 6) is 0.0953. The number of thiol groups is 1. The van der Waals surface area contributed by atoms with Gasteiger partial charge in [0, 0.05) is 5.56 Å². The molecule has 0 spiro atoms. The van der Waals surface area contributed by atoms with Gasteiger partial charge < -0.3 is 4.52 Å². The van der Waals surface area contributed by atoms with Gasteiger partial charge in [-0.2, -0.15) is 0 Å². The monoisotopic (exact) mass is 315 g/mol. The minimum Gasteiger partial charge on any atom is -0.361 e. The third-order valence-corrected chi connectivity index (χ3v) is 3.26. The van der Waals surface area contributed by atoms with Crippen molar-refractivity contribution in [3.8, 4) is 0 Å². The van der Waals surface area contributed by atoms with Crippen molar-refractivity contribution in [2.75, 3.05) is 0 Å². The molecule has 6 nitrogen and oxygen atoms in total. The van der Waals surface area contributed by atoms with Crippen molar-refractivity contribution in [3.63, 3.8) is 0 Å². The molecule has 0 bridgehead atoms. The fraction of sp³-hybridized carbons (Fsp3) is 0.167. The maximum absolute atomic E-state index is 12.2. The summed E-state index contributed by atoms with van der Waals surface area (Å²) in [5, 5.41) is 3.74. The van der Waals surface area contributed by atoms with Crippen molar-refractivity contribution < 1.29 is 21.9 Å². The van der Waals surface area contributed by atoms with Crippen LogP contribution in [0.4, 0.5) is 0 Å². The standard InChI is InChI=1S/C12H10ClNO5S/c1-7-10(5-14-19-7)12(15)9-3-2-8(4-11(9)13)6-18-20(16)17/h2-5,20H,6H2,1H3. The summed E-state index contributed by atoms with van der Waals surface area (Å²) >= 11 is 6.03. The number of nitrogens with zero attached hydrogens (tertiary/aromatic N) is 1. The van der Waals surface area contributed by atoms with E-state index in [1.165, 1.54) is 18.3 Å². The lowest BCUT2D eigenvalue weighted by molar-refractivity contribution is 0.103. The zero-order valence-electron chi connectivity index (χ0n) is 10.3. The molecule has 0 aliphatic heterocycles. The van der Waals surface area contributed by atoms with Crippen LogP contribution < -0.4 is 0 Å². The van der Waals surface area contributed by atoms with Crippen molar-refractivity contribution in [3.05, 3.63) is 51.9 Å². The summed E-state index contributed by atoms with van der Waals surface area (Å²) in [5.41, 5.74) is 1.17. The molecule has 0 amide bonds. The van der Waals surface area contributed by atoms with Crippen molar-refractivity contribution in [1.82, 2.24) is 5.16 Å². The molecule has 0 unspecified atom stereocenters. The molecule has 2 rings (SSSR count). The molecule has 1 aromatic carbocycles. The van der Waals surface area contributed by atoms with Gasteiger partial charge in [0.2, 0.25) is 0 Å². The van der Waals surface area contributed by atoms with Crippen LogP contribution in [0.3, 0.4) is 0 Å². The molecule has 20 heavy (non-hydrogen) atoms. The van der Waals surface area contributed by atoms with Crippen molar-refractivity contribution in [1.29, 1.82) is 0 Å². The summed E-state index contributed by atoms with van der Waals surface area (Å²) in [6, 6.07) is 4.56. The molecule has 0 aliphatic rings. The van der Waals surface area contributed by atoms with Crippen LogP contribution in [-0.4, -0.2) is 19.4 Å². The Bertz CT molecular complexity index is 714. The van der Waals surface area contributed by atoms with Gasteiger partial charge in [-0.05, 0) is 24.6 Å². The van der Waals surface area contributed by atoms with E-state index in [1.807, 2.05) is 0 Å². The largest absolute Gasteiger partial charge is 0.361 e. The normalized spacial score (nSPS) is 10.9. The minimum atomic E-state index is -2.92. The van der Waals surface area contributed by atoms with E-state index in [9.17, 15) is 13.2 Å². The predicted molar refractivity (Wildman–Crippen MR) is 71.2 cm³/mol. The average Bonchev–Trinajstić information content (AvgIpc) is 2.82. The third-order valence-electron chi connectivity index (χ3n) is 2.61. The minimum absolute atomic E-state index is 0.126. The third kappa shape index (κ3) is 3.24. The summed E-state index contributed by atoms with van der Waals surface area (Å²) in [6.45, 7) is 1.50. The quantitative estimate of drug-likeness (QED) is 0.670. The van der Waals surface area contributed by atoms with Crippen molar-refractivity contribution >= 4 is 28.4 Å². The highest BCUT2D eigenvalue weighted by Gasteiger charge is 2.18. The van der Waals surface area contributed by atoms with Gasteiger partial charge in [-0.25, -0.2) is 8.42 Å². The van der Waals surface area contributed by atoms with Gasteiger partial charge in [0.05, 0.1) is 23.4 Å². The second-order valence-electron chi connectivity index (χ2n) is 3.94. The van der Waals surface area contributed by atoms with Gasteiger partial charge in [0.25, 0.3) is 11.0 Å². The van der Waals surface area contributed by atoms with Crippen molar-refractivity contribution in [2.24, 2.45) is 0 Å². The van der Waals surface area contributed by atoms with Crippen LogP contribution >= 0.6 is 11.6 Å². The van der Waals surface area contributed by atoms with Gasteiger partial charge >= 0.3 is 0 Å². The molecule has 0 radical (unpaired) electrons. The Labute approximate surface area is 121 Å². The summed E-state index contributed by atoms with van der Waals surface area (Å²) in [4.78, 5) is 12.2. The molecule has 0 saturated heterocycles. The fourth-order valence-corrected chi connectivity index (χ4v) is 2.17. The smallest absolute Gasteiger partial charge is 0.257 e. The molecule has 0 N–H and O–H groups in total. The lowest BCUT2D eigenvalue weighted by atomic mass is 10.0. The van der Waals surface area contributed by atoms with Crippen LogP contribution in [0.25, 0.3) is 0 Å². The van der Waals surface area contributed by atoms with E-state index in [1.54, 1.807) is 13.0 Å². The fourth-order valence-electron chi connectivity index (χ4n) is 1.62. The van der Waals surface area contributed by atoms with Gasteiger partial charge in [0.15, 0.2) is 5.78 Å². The number of carbonyl (C=O) groups excluding carboxylic acids is 1. The molecule has 1 aromatic heterocycles. The van der Waals surface area contributed by atoms with E-state index in [-0.39, 0.29) is 23.0 Å². The lowest BCUT2D eigenvalue weighted by Gasteiger charge is -2.05. The van der Waals surface area contributed by atoms with E-state index in [2.05, 4.69) is 9.34 Å². The molecular formula is C12H10ClNO5S. The maximum Gasteiger partial charge on any atom is 0.257 e. The van der Waals surface area contributed by atoms with Gasteiger partial charge in [-0.1, -0.05) is 22.8 Å². The number of rotatable bonds is 5. The number of carbonyl (C=O) groups is 1. The van der Waals surface area contributed by atoms with Gasteiger partial charge in [-0.3, -0.25) is 8.98 Å². The molecule has 0 aliphatic carbocycles. The maximum atomic E-state index is 12.2. The summed E-state index contributed by atoms with van der Waals surface area (Å²) < 4.78 is 30.0. The number of aromatic nitrogens is 1. The molecular weight excluding hydrogens is 306 g/mol. The Hall–Kier alpha value is -1.70. The van der Waals surface area contributed by atoms with E-state index in [0.29, 0.717) is 16.9 Å². The SMILES string of the molecule is Cc1oncc1C(=O)c1ccc(CO[SH](=O)=O)cc1Cl. The van der Waals surface area contributed by atoms with Crippen LogP contribution in [0.15, 0.2) is 28.9 Å². The Morgan fingerprint density at radius 1 is 1.40 bits per heavy atom. The van der Waals surface area contributed by atoms with Gasteiger partial charge in [-0.15, -0.1) is 0 Å². The molecule has 1 heterocycles. The number of hydrogen-bond donors (Lipinski definition) is 1. The summed E-state index contributed by atoms with van der Waals surface area (Å²) in [6.07, 6.45) is 1.33. The Balaban J connectivity index is 2.26. The zero-order chi connectivity index (χ0) is 14.7. The highest BCUT2D eigenvalue weighted by atomic mass is 35.5. The molecule has 2 aromatic rings. The second-order valence-corrected chi connectivity index (χ2v) is 5.05. The van der Waals surface area contributed by atoms with E-state index >= 15 is 0 Å². The second kappa shape index (κ2) is 6.17. The number of aryl methyl sites for hydroxylation is 1. The first-order valence-corrected chi connectivity index (χ1v) is 6.98. The summed E-state index contributed by atoms with van der Waals surface area (Å²) in [7, 11) is -2.92. The average molecular weight is 316 g/mol. The molecule has 0 atom stereocenters. The van der Waals surface area contributed by atoms with E-state index < -0.39 is 11.0 Å².